The van der Waals surface area contributed by atoms with E-state index in [1.54, 1.807) is 6.07 Å². The molecule has 0 aliphatic heterocycles. The number of anilines is 1. The molecule has 0 saturated heterocycles. The van der Waals surface area contributed by atoms with Gasteiger partial charge in [-0.25, -0.2) is 4.39 Å². The van der Waals surface area contributed by atoms with Crippen molar-refractivity contribution in [2.24, 2.45) is 0 Å². The summed E-state index contributed by atoms with van der Waals surface area (Å²) in [7, 11) is 0. The Balaban J connectivity index is 1.70. The van der Waals surface area contributed by atoms with Crippen LogP contribution in [-0.4, -0.2) is 12.0 Å². The lowest BCUT2D eigenvalue weighted by molar-refractivity contribution is -0.122. The molecule has 25 heavy (non-hydrogen) atoms. The van der Waals surface area contributed by atoms with Gasteiger partial charge < -0.3 is 10.1 Å². The largest absolute Gasteiger partial charge is 0.481 e. The molecule has 1 atom stereocenters. The second kappa shape index (κ2) is 8.00. The van der Waals surface area contributed by atoms with Gasteiger partial charge in [0.2, 0.25) is 0 Å². The number of carbonyl (C=O) groups is 1. The van der Waals surface area contributed by atoms with E-state index in [1.165, 1.54) is 36.1 Å². The van der Waals surface area contributed by atoms with Crippen molar-refractivity contribution >= 4 is 27.5 Å². The van der Waals surface area contributed by atoms with Gasteiger partial charge in [0.15, 0.2) is 6.10 Å². The number of fused-ring (bicyclic) bond motifs is 1. The Kier molecular flexibility index (Phi) is 5.74. The van der Waals surface area contributed by atoms with Crippen molar-refractivity contribution in [3.05, 3.63) is 57.8 Å². The molecule has 0 bridgehead atoms. The van der Waals surface area contributed by atoms with Crippen molar-refractivity contribution in [1.29, 1.82) is 0 Å². The molecule has 0 radical (unpaired) electrons. The van der Waals surface area contributed by atoms with Gasteiger partial charge in [0.1, 0.15) is 11.6 Å². The fourth-order valence-electron chi connectivity index (χ4n) is 3.07. The molecule has 5 heteroatoms. The zero-order valence-electron chi connectivity index (χ0n) is 14.1. The normalized spacial score (nSPS) is 14.5. The maximum Gasteiger partial charge on any atom is 0.265 e. The summed E-state index contributed by atoms with van der Waals surface area (Å²) in [6, 6.07) is 10.6. The molecule has 0 saturated carbocycles. The fraction of sp³-hybridized carbons (Fsp3) is 0.350. The van der Waals surface area contributed by atoms with Crippen LogP contribution in [-0.2, 0) is 17.6 Å². The molecule has 0 heterocycles. The van der Waals surface area contributed by atoms with E-state index >= 15 is 0 Å². The van der Waals surface area contributed by atoms with Crippen LogP contribution in [0, 0.1) is 5.82 Å². The van der Waals surface area contributed by atoms with Gasteiger partial charge in [-0.05, 0) is 73.6 Å². The Morgan fingerprint density at radius 1 is 1.20 bits per heavy atom. The van der Waals surface area contributed by atoms with Crippen LogP contribution in [0.2, 0.25) is 0 Å². The van der Waals surface area contributed by atoms with E-state index in [4.69, 9.17) is 4.74 Å². The van der Waals surface area contributed by atoms with Crippen molar-refractivity contribution in [3.8, 4) is 5.75 Å². The lowest BCUT2D eigenvalue weighted by Gasteiger charge is -2.20. The van der Waals surface area contributed by atoms with Gasteiger partial charge in [-0.3, -0.25) is 4.79 Å². The number of carbonyl (C=O) groups excluding carboxylic acids is 1. The van der Waals surface area contributed by atoms with Crippen molar-refractivity contribution in [2.75, 3.05) is 5.32 Å². The summed E-state index contributed by atoms with van der Waals surface area (Å²) >= 11 is 3.20. The number of halogens is 2. The van der Waals surface area contributed by atoms with Gasteiger partial charge in [-0.1, -0.05) is 28.9 Å². The van der Waals surface area contributed by atoms with Crippen LogP contribution in [0.4, 0.5) is 10.1 Å². The Hall–Kier alpha value is -1.88. The van der Waals surface area contributed by atoms with Gasteiger partial charge in [-0.15, -0.1) is 0 Å². The van der Waals surface area contributed by atoms with Crippen LogP contribution >= 0.6 is 15.9 Å². The molecule has 0 fully saturated rings. The van der Waals surface area contributed by atoms with Crippen LogP contribution in [0.3, 0.4) is 0 Å². The third kappa shape index (κ3) is 4.40. The Morgan fingerprint density at radius 2 is 1.96 bits per heavy atom. The number of aryl methyl sites for hydroxylation is 2. The van der Waals surface area contributed by atoms with E-state index in [0.717, 1.165) is 12.8 Å². The molecule has 3 rings (SSSR count). The summed E-state index contributed by atoms with van der Waals surface area (Å²) in [6.07, 6.45) is 4.42. The second-order valence-electron chi connectivity index (χ2n) is 6.27. The first-order valence-electron chi connectivity index (χ1n) is 8.61. The standard InChI is InChI=1S/C20H21BrFNO2/c1-2-19(20(24)23-18-10-8-15(21)12-17(18)22)25-16-9-7-13-5-3-4-6-14(13)11-16/h7-12,19H,2-6H2,1H3,(H,23,24). The summed E-state index contributed by atoms with van der Waals surface area (Å²) in [5, 5.41) is 2.61. The maximum absolute atomic E-state index is 13.9. The molecule has 1 N–H and O–H groups in total. The van der Waals surface area contributed by atoms with Crippen molar-refractivity contribution < 1.29 is 13.9 Å². The summed E-state index contributed by atoms with van der Waals surface area (Å²) in [4.78, 5) is 12.5. The highest BCUT2D eigenvalue weighted by Gasteiger charge is 2.20. The molecular formula is C20H21BrFNO2. The molecule has 2 aromatic carbocycles. The van der Waals surface area contributed by atoms with Gasteiger partial charge in [-0.2, -0.15) is 0 Å². The molecule has 1 unspecified atom stereocenters. The van der Waals surface area contributed by atoms with Crippen molar-refractivity contribution in [2.45, 2.75) is 45.1 Å². The monoisotopic (exact) mass is 405 g/mol. The number of hydrogen-bond donors (Lipinski definition) is 1. The lowest BCUT2D eigenvalue weighted by atomic mass is 9.92. The van der Waals surface area contributed by atoms with Gasteiger partial charge in [0.05, 0.1) is 5.69 Å². The topological polar surface area (TPSA) is 38.3 Å². The van der Waals surface area contributed by atoms with Crippen LogP contribution < -0.4 is 10.1 Å². The molecule has 1 amide bonds. The van der Waals surface area contributed by atoms with E-state index in [1.807, 2.05) is 19.1 Å². The predicted molar refractivity (Wildman–Crippen MR) is 101 cm³/mol. The quantitative estimate of drug-likeness (QED) is 0.736. The van der Waals surface area contributed by atoms with Gasteiger partial charge >= 0.3 is 0 Å². The van der Waals surface area contributed by atoms with Crippen LogP contribution in [0.5, 0.6) is 5.75 Å². The first-order valence-corrected chi connectivity index (χ1v) is 9.40. The molecule has 0 spiro atoms. The maximum atomic E-state index is 13.9. The molecule has 0 aromatic heterocycles. The van der Waals surface area contributed by atoms with E-state index in [0.29, 0.717) is 16.6 Å². The lowest BCUT2D eigenvalue weighted by Crippen LogP contribution is -2.32. The van der Waals surface area contributed by atoms with E-state index in [-0.39, 0.29) is 11.6 Å². The second-order valence-corrected chi connectivity index (χ2v) is 7.18. The van der Waals surface area contributed by atoms with Crippen LogP contribution in [0.1, 0.15) is 37.3 Å². The number of amides is 1. The molecule has 3 nitrogen and oxygen atoms in total. The van der Waals surface area contributed by atoms with Crippen LogP contribution in [0.25, 0.3) is 0 Å². The SMILES string of the molecule is CCC(Oc1ccc2c(c1)CCCC2)C(=O)Nc1ccc(Br)cc1F. The van der Waals surface area contributed by atoms with Gasteiger partial charge in [0, 0.05) is 4.47 Å². The number of hydrogen-bond acceptors (Lipinski definition) is 2. The highest BCUT2D eigenvalue weighted by Crippen LogP contribution is 2.26. The third-order valence-electron chi connectivity index (χ3n) is 4.45. The summed E-state index contributed by atoms with van der Waals surface area (Å²) in [5.74, 6) is -0.133. The highest BCUT2D eigenvalue weighted by atomic mass is 79.9. The smallest absolute Gasteiger partial charge is 0.265 e. The van der Waals surface area contributed by atoms with E-state index in [2.05, 4.69) is 27.3 Å². The van der Waals surface area contributed by atoms with E-state index < -0.39 is 11.9 Å². The molecule has 2 aromatic rings. The summed E-state index contributed by atoms with van der Waals surface area (Å²) < 4.78 is 20.4. The minimum atomic E-state index is -0.662. The number of rotatable bonds is 5. The Labute approximate surface area is 155 Å². The molecular weight excluding hydrogens is 385 g/mol. The summed E-state index contributed by atoms with van der Waals surface area (Å²) in [5.41, 5.74) is 2.83. The fourth-order valence-corrected chi connectivity index (χ4v) is 3.41. The zero-order valence-corrected chi connectivity index (χ0v) is 15.7. The Morgan fingerprint density at radius 3 is 2.68 bits per heavy atom. The minimum absolute atomic E-state index is 0.153. The average molecular weight is 406 g/mol. The van der Waals surface area contributed by atoms with Crippen molar-refractivity contribution in [3.63, 3.8) is 0 Å². The van der Waals surface area contributed by atoms with Crippen molar-refractivity contribution in [1.82, 2.24) is 0 Å². The van der Waals surface area contributed by atoms with E-state index in [9.17, 15) is 9.18 Å². The Bertz CT molecular complexity index is 778. The number of benzene rings is 2. The molecule has 132 valence electrons. The average Bonchev–Trinajstić information content (AvgIpc) is 2.61. The van der Waals surface area contributed by atoms with Gasteiger partial charge in [0.25, 0.3) is 5.91 Å². The predicted octanol–water partition coefficient (Wildman–Crippen LogP) is 5.26. The number of nitrogens with one attached hydrogen (secondary N) is 1. The molecule has 1 aliphatic rings. The summed E-state index contributed by atoms with van der Waals surface area (Å²) in [6.45, 7) is 1.88. The number of ether oxygens (including phenoxy) is 1. The first kappa shape index (κ1) is 17.9. The highest BCUT2D eigenvalue weighted by molar-refractivity contribution is 9.10. The zero-order chi connectivity index (χ0) is 17.8. The minimum Gasteiger partial charge on any atom is -0.481 e. The van der Waals surface area contributed by atoms with Crippen LogP contribution in [0.15, 0.2) is 40.9 Å². The molecule has 1 aliphatic carbocycles. The first-order chi connectivity index (χ1) is 12.1. The third-order valence-corrected chi connectivity index (χ3v) is 4.94.